The van der Waals surface area contributed by atoms with Gasteiger partial charge >= 0.3 is 0 Å². The van der Waals surface area contributed by atoms with Crippen LogP contribution in [0, 0.1) is 0 Å². The van der Waals surface area contributed by atoms with Gasteiger partial charge in [-0.3, -0.25) is 4.79 Å². The summed E-state index contributed by atoms with van der Waals surface area (Å²) in [6, 6.07) is 17.1. The van der Waals surface area contributed by atoms with Crippen molar-refractivity contribution in [2.24, 2.45) is 5.10 Å². The maximum absolute atomic E-state index is 12.9. The van der Waals surface area contributed by atoms with E-state index in [0.29, 0.717) is 11.3 Å². The van der Waals surface area contributed by atoms with Gasteiger partial charge < -0.3 is 5.73 Å². The Labute approximate surface area is 192 Å². The fourth-order valence-electron chi connectivity index (χ4n) is 3.14. The molecule has 3 N–H and O–H groups in total. The minimum absolute atomic E-state index is 0.0197. The molecule has 158 valence electrons. The summed E-state index contributed by atoms with van der Waals surface area (Å²) < 4.78 is 8.01. The van der Waals surface area contributed by atoms with Crippen molar-refractivity contribution in [1.82, 2.24) is 30.7 Å². The number of nitrogens with zero attached hydrogens (tertiary/aromatic N) is 6. The van der Waals surface area contributed by atoms with Gasteiger partial charge in [0.1, 0.15) is 5.69 Å². The molecule has 12 heteroatoms. The molecule has 0 fully saturated rings. The van der Waals surface area contributed by atoms with Crippen LogP contribution in [0.5, 0.6) is 0 Å². The molecule has 0 spiro atoms. The van der Waals surface area contributed by atoms with E-state index in [2.05, 4.69) is 51.7 Å². The lowest BCUT2D eigenvalue weighted by atomic mass is 10.1. The lowest BCUT2D eigenvalue weighted by molar-refractivity contribution is 0.0950. The Morgan fingerprint density at radius 3 is 2.72 bits per heavy atom. The van der Waals surface area contributed by atoms with E-state index in [-0.39, 0.29) is 17.3 Å². The van der Waals surface area contributed by atoms with E-state index < -0.39 is 5.91 Å². The molecule has 5 aromatic rings. The fourth-order valence-corrected chi connectivity index (χ4v) is 4.88. The second-order valence-corrected chi connectivity index (χ2v) is 8.89. The lowest BCUT2D eigenvalue weighted by Crippen LogP contribution is -2.19. The highest BCUT2D eigenvalue weighted by atomic mass is 79.9. The quantitative estimate of drug-likeness (QED) is 0.273. The van der Waals surface area contributed by atoms with Gasteiger partial charge in [-0.25, -0.2) is 10.1 Å². The van der Waals surface area contributed by atoms with E-state index >= 15 is 0 Å². The fraction of sp³-hybridized carbons (Fsp3) is 0. The first-order valence-corrected chi connectivity index (χ1v) is 10.8. The number of hydrogen-bond acceptors (Lipinski definition) is 9. The highest BCUT2D eigenvalue weighted by Gasteiger charge is 2.25. The molecule has 10 nitrogen and oxygen atoms in total. The number of fused-ring (bicyclic) bond motifs is 1. The van der Waals surface area contributed by atoms with Gasteiger partial charge in [0.15, 0.2) is 5.69 Å². The lowest BCUT2D eigenvalue weighted by Gasteiger charge is -2.05. The minimum Gasteiger partial charge on any atom is -0.378 e. The van der Waals surface area contributed by atoms with E-state index in [4.69, 9.17) is 5.73 Å². The highest BCUT2D eigenvalue weighted by Crippen LogP contribution is 2.34. The number of nitrogens with two attached hydrogens (primary N) is 1. The van der Waals surface area contributed by atoms with Crippen LogP contribution in [0.25, 0.3) is 27.2 Å². The van der Waals surface area contributed by atoms with Crippen LogP contribution < -0.4 is 11.2 Å². The van der Waals surface area contributed by atoms with Crippen molar-refractivity contribution in [1.29, 1.82) is 0 Å². The van der Waals surface area contributed by atoms with Gasteiger partial charge in [-0.05, 0) is 32.3 Å². The number of nitrogen functional groups attached to an aromatic ring is 1. The third-order valence-corrected chi connectivity index (χ3v) is 6.46. The number of benzene rings is 2. The number of rotatable bonds is 5. The minimum atomic E-state index is -0.544. The molecule has 5 rings (SSSR count). The summed E-state index contributed by atoms with van der Waals surface area (Å²) in [6.07, 6.45) is 1.59. The average Bonchev–Trinajstić information content (AvgIpc) is 3.51. The zero-order chi connectivity index (χ0) is 22.1. The normalized spacial score (nSPS) is 11.4. The zero-order valence-corrected chi connectivity index (χ0v) is 18.5. The van der Waals surface area contributed by atoms with Gasteiger partial charge in [0, 0.05) is 21.2 Å². The Balaban J connectivity index is 1.49. The predicted molar refractivity (Wildman–Crippen MR) is 124 cm³/mol. The van der Waals surface area contributed by atoms with E-state index in [1.807, 2.05) is 54.6 Å². The summed E-state index contributed by atoms with van der Waals surface area (Å²) in [6.45, 7) is 0. The van der Waals surface area contributed by atoms with Crippen LogP contribution >= 0.6 is 27.3 Å². The Bertz CT molecular complexity index is 1460. The molecule has 0 unspecified atom stereocenters. The number of carbonyl (C=O) groups is 1. The molecular formula is C20H13BrN8O2S. The van der Waals surface area contributed by atoms with Gasteiger partial charge in [0.25, 0.3) is 5.91 Å². The summed E-state index contributed by atoms with van der Waals surface area (Å²) in [7, 11) is 0. The van der Waals surface area contributed by atoms with Gasteiger partial charge in [0.2, 0.25) is 11.6 Å². The molecule has 0 aliphatic rings. The SMILES string of the molecule is Nc1nonc1-n1nnc(C(=O)N/N=C/c2c(Br)sc3ccccc23)c1-c1ccccc1. The summed E-state index contributed by atoms with van der Waals surface area (Å²) in [5.74, 6) is -0.393. The van der Waals surface area contributed by atoms with Gasteiger partial charge in [-0.15, -0.1) is 16.4 Å². The van der Waals surface area contributed by atoms with Crippen LogP contribution in [0.4, 0.5) is 5.82 Å². The number of hydrazone groups is 1. The standard InChI is InChI=1S/C20H13BrN8O2S/c21-17-13(12-8-4-5-9-14(12)32-17)10-23-25-20(30)15-16(11-6-2-1-3-7-11)29(28-24-15)19-18(22)26-31-27-19/h1-10H,(H2,22,26)(H,25,30)/b23-10+. The summed E-state index contributed by atoms with van der Waals surface area (Å²) >= 11 is 5.14. The topological polar surface area (TPSA) is 137 Å². The number of aromatic nitrogens is 5. The number of amides is 1. The Morgan fingerprint density at radius 2 is 1.94 bits per heavy atom. The van der Waals surface area contributed by atoms with Crippen LogP contribution in [0.1, 0.15) is 16.1 Å². The monoisotopic (exact) mass is 508 g/mol. The van der Waals surface area contributed by atoms with Crippen molar-refractivity contribution in [3.63, 3.8) is 0 Å². The molecule has 1 amide bonds. The van der Waals surface area contributed by atoms with Crippen LogP contribution in [0.3, 0.4) is 0 Å². The van der Waals surface area contributed by atoms with Gasteiger partial charge in [-0.2, -0.15) is 9.78 Å². The summed E-state index contributed by atoms with van der Waals surface area (Å²) in [5.41, 5.74) is 10.3. The molecule has 3 heterocycles. The summed E-state index contributed by atoms with van der Waals surface area (Å²) in [5, 5.41) is 20.6. The van der Waals surface area contributed by atoms with E-state index in [1.165, 1.54) is 4.68 Å². The van der Waals surface area contributed by atoms with Crippen molar-refractivity contribution in [3.05, 3.63) is 69.6 Å². The number of halogens is 1. The van der Waals surface area contributed by atoms with Crippen LogP contribution in [0.2, 0.25) is 0 Å². The molecule has 0 aliphatic heterocycles. The van der Waals surface area contributed by atoms with Crippen molar-refractivity contribution in [2.45, 2.75) is 0 Å². The first kappa shape index (κ1) is 20.0. The number of anilines is 1. The van der Waals surface area contributed by atoms with Crippen LogP contribution in [0.15, 0.2) is 68.1 Å². The van der Waals surface area contributed by atoms with E-state index in [0.717, 1.165) is 19.4 Å². The third-order valence-electron chi connectivity index (χ3n) is 4.58. The molecule has 0 bridgehead atoms. The largest absolute Gasteiger partial charge is 0.378 e. The van der Waals surface area contributed by atoms with Crippen LogP contribution in [-0.4, -0.2) is 37.4 Å². The third kappa shape index (κ3) is 3.55. The molecule has 0 radical (unpaired) electrons. The average molecular weight is 509 g/mol. The maximum atomic E-state index is 12.9. The maximum Gasteiger partial charge on any atom is 0.294 e. The van der Waals surface area contributed by atoms with Crippen molar-refractivity contribution >= 4 is 55.3 Å². The number of hydrogen-bond donors (Lipinski definition) is 2. The molecule has 0 saturated carbocycles. The van der Waals surface area contributed by atoms with Crippen molar-refractivity contribution < 1.29 is 9.42 Å². The Hall–Kier alpha value is -3.90. The number of carbonyl (C=O) groups excluding carboxylic acids is 1. The van der Waals surface area contributed by atoms with E-state index in [9.17, 15) is 4.79 Å². The molecule has 0 aliphatic carbocycles. The number of nitrogens with one attached hydrogen (secondary N) is 1. The molecule has 3 aromatic heterocycles. The number of thiophene rings is 1. The van der Waals surface area contributed by atoms with Gasteiger partial charge in [-0.1, -0.05) is 53.7 Å². The summed E-state index contributed by atoms with van der Waals surface area (Å²) in [4.78, 5) is 12.9. The van der Waals surface area contributed by atoms with Gasteiger partial charge in [0.05, 0.1) is 10.0 Å². The Morgan fingerprint density at radius 1 is 1.16 bits per heavy atom. The van der Waals surface area contributed by atoms with E-state index in [1.54, 1.807) is 17.6 Å². The zero-order valence-electron chi connectivity index (χ0n) is 16.1. The molecule has 0 atom stereocenters. The van der Waals surface area contributed by atoms with Crippen molar-refractivity contribution in [2.75, 3.05) is 5.73 Å². The second kappa shape index (κ2) is 8.32. The molecular weight excluding hydrogens is 496 g/mol. The molecule has 0 saturated heterocycles. The first-order chi connectivity index (χ1) is 15.6. The Kier molecular flexibility index (Phi) is 5.21. The van der Waals surface area contributed by atoms with Crippen molar-refractivity contribution in [3.8, 4) is 17.1 Å². The molecule has 2 aromatic carbocycles. The predicted octanol–water partition coefficient (Wildman–Crippen LogP) is 3.64. The molecule has 32 heavy (non-hydrogen) atoms. The highest BCUT2D eigenvalue weighted by molar-refractivity contribution is 9.11. The smallest absolute Gasteiger partial charge is 0.294 e. The first-order valence-electron chi connectivity index (χ1n) is 9.23. The van der Waals surface area contributed by atoms with Crippen LogP contribution in [-0.2, 0) is 0 Å². The second-order valence-electron chi connectivity index (χ2n) is 6.52.